The molecule has 4 rings (SSSR count). The number of amides is 1. The number of likely N-dealkylation sites (tertiary alicyclic amines) is 1. The SMILES string of the molecule is O=C(Cn1cnc2ccccc2c1=O)NCc1ccc(C[NH+]2CCCCC2)cc1. The maximum Gasteiger partial charge on any atom is 0.261 e. The van der Waals surface area contributed by atoms with Crippen LogP contribution >= 0.6 is 0 Å². The van der Waals surface area contributed by atoms with Crippen LogP contribution in [-0.4, -0.2) is 28.5 Å². The number of rotatable bonds is 6. The molecule has 1 fully saturated rings. The molecule has 0 atom stereocenters. The lowest BCUT2D eigenvalue weighted by molar-refractivity contribution is -0.918. The third-order valence-electron chi connectivity index (χ3n) is 5.57. The van der Waals surface area contributed by atoms with Crippen molar-refractivity contribution >= 4 is 16.8 Å². The van der Waals surface area contributed by atoms with Crippen molar-refractivity contribution in [2.75, 3.05) is 13.1 Å². The van der Waals surface area contributed by atoms with Crippen molar-refractivity contribution in [2.45, 2.75) is 38.9 Å². The predicted octanol–water partition coefficient (Wildman–Crippen LogP) is 1.28. The Morgan fingerprint density at radius 3 is 2.52 bits per heavy atom. The van der Waals surface area contributed by atoms with Gasteiger partial charge in [-0.15, -0.1) is 0 Å². The van der Waals surface area contributed by atoms with Crippen molar-refractivity contribution in [3.05, 3.63) is 76.3 Å². The van der Waals surface area contributed by atoms with E-state index in [-0.39, 0.29) is 18.0 Å². The normalized spacial score (nSPS) is 14.8. The third-order valence-corrected chi connectivity index (χ3v) is 5.57. The second kappa shape index (κ2) is 9.01. The van der Waals surface area contributed by atoms with E-state index < -0.39 is 0 Å². The largest absolute Gasteiger partial charge is 0.350 e. The molecule has 0 spiro atoms. The van der Waals surface area contributed by atoms with Gasteiger partial charge >= 0.3 is 0 Å². The Hall–Kier alpha value is -2.99. The van der Waals surface area contributed by atoms with Gasteiger partial charge in [-0.05, 0) is 37.0 Å². The lowest BCUT2D eigenvalue weighted by atomic mass is 10.1. The van der Waals surface area contributed by atoms with Gasteiger partial charge in [-0.1, -0.05) is 36.4 Å². The fraction of sp³-hybridized carbons (Fsp3) is 0.348. The van der Waals surface area contributed by atoms with Crippen LogP contribution < -0.4 is 15.8 Å². The molecule has 1 aromatic heterocycles. The van der Waals surface area contributed by atoms with Crippen LogP contribution in [0, 0.1) is 0 Å². The summed E-state index contributed by atoms with van der Waals surface area (Å²) in [6.07, 6.45) is 5.45. The van der Waals surface area contributed by atoms with E-state index in [1.807, 2.05) is 6.07 Å². The Bertz CT molecular complexity index is 1040. The molecule has 2 aromatic carbocycles. The third kappa shape index (κ3) is 4.90. The molecule has 2 N–H and O–H groups in total. The van der Waals surface area contributed by atoms with Crippen molar-refractivity contribution in [1.82, 2.24) is 14.9 Å². The fourth-order valence-electron chi connectivity index (χ4n) is 3.92. The summed E-state index contributed by atoms with van der Waals surface area (Å²) in [4.78, 5) is 30.7. The van der Waals surface area contributed by atoms with Crippen LogP contribution in [-0.2, 0) is 24.4 Å². The Balaban J connectivity index is 1.31. The summed E-state index contributed by atoms with van der Waals surface area (Å²) in [7, 11) is 0. The van der Waals surface area contributed by atoms with Gasteiger partial charge in [0.1, 0.15) is 13.1 Å². The maximum absolute atomic E-state index is 12.5. The maximum atomic E-state index is 12.5. The molecule has 2 heterocycles. The van der Waals surface area contributed by atoms with Crippen molar-refractivity contribution < 1.29 is 9.69 Å². The quantitative estimate of drug-likeness (QED) is 0.665. The number of benzene rings is 2. The number of aromatic nitrogens is 2. The summed E-state index contributed by atoms with van der Waals surface area (Å²) < 4.78 is 1.35. The zero-order valence-electron chi connectivity index (χ0n) is 16.6. The van der Waals surface area contributed by atoms with E-state index in [0.717, 1.165) is 12.1 Å². The Morgan fingerprint density at radius 1 is 1.00 bits per heavy atom. The van der Waals surface area contributed by atoms with Crippen molar-refractivity contribution in [2.24, 2.45) is 0 Å². The minimum atomic E-state index is -0.203. The van der Waals surface area contributed by atoms with Crippen molar-refractivity contribution in [1.29, 1.82) is 0 Å². The summed E-state index contributed by atoms with van der Waals surface area (Å²) in [5, 5.41) is 3.41. The first-order valence-electron chi connectivity index (χ1n) is 10.3. The van der Waals surface area contributed by atoms with Crippen LogP contribution in [0.3, 0.4) is 0 Å². The van der Waals surface area contributed by atoms with Crippen molar-refractivity contribution in [3.8, 4) is 0 Å². The Morgan fingerprint density at radius 2 is 1.72 bits per heavy atom. The number of para-hydroxylation sites is 1. The fourth-order valence-corrected chi connectivity index (χ4v) is 3.92. The topological polar surface area (TPSA) is 68.4 Å². The highest BCUT2D eigenvalue weighted by Crippen LogP contribution is 2.06. The molecule has 6 nitrogen and oxygen atoms in total. The number of fused-ring (bicyclic) bond motifs is 1. The molecule has 0 bridgehead atoms. The Labute approximate surface area is 170 Å². The standard InChI is InChI=1S/C23H26N4O2/c28-22(16-27-17-25-21-7-3-2-6-20(21)23(27)29)24-14-18-8-10-19(11-9-18)15-26-12-4-1-5-13-26/h2-3,6-11,17H,1,4-5,12-16H2,(H,24,28)/p+1. The molecule has 1 aliphatic rings. The molecule has 1 amide bonds. The number of hydrogen-bond acceptors (Lipinski definition) is 3. The summed E-state index contributed by atoms with van der Waals surface area (Å²) in [6, 6.07) is 15.6. The molecule has 1 aliphatic heterocycles. The van der Waals surface area contributed by atoms with Crippen LogP contribution in [0.1, 0.15) is 30.4 Å². The number of carbonyl (C=O) groups is 1. The van der Waals surface area contributed by atoms with Crippen LogP contribution in [0.4, 0.5) is 0 Å². The lowest BCUT2D eigenvalue weighted by Gasteiger charge is -2.23. The van der Waals surface area contributed by atoms with Gasteiger partial charge in [0.2, 0.25) is 5.91 Å². The first-order valence-corrected chi connectivity index (χ1v) is 10.3. The summed E-state index contributed by atoms with van der Waals surface area (Å²) in [5.74, 6) is -0.203. The average molecular weight is 391 g/mol. The van der Waals surface area contributed by atoms with Gasteiger partial charge in [0.05, 0.1) is 30.3 Å². The number of hydrogen-bond donors (Lipinski definition) is 2. The second-order valence-corrected chi connectivity index (χ2v) is 7.78. The molecule has 0 radical (unpaired) electrons. The number of piperidine rings is 1. The zero-order chi connectivity index (χ0) is 20.1. The monoisotopic (exact) mass is 391 g/mol. The Kier molecular flexibility index (Phi) is 6.00. The smallest absolute Gasteiger partial charge is 0.261 e. The second-order valence-electron chi connectivity index (χ2n) is 7.78. The van der Waals surface area contributed by atoms with E-state index in [9.17, 15) is 9.59 Å². The van der Waals surface area contributed by atoms with Gasteiger partial charge in [0.25, 0.3) is 5.56 Å². The van der Waals surface area contributed by atoms with Crippen LogP contribution in [0.15, 0.2) is 59.7 Å². The highest BCUT2D eigenvalue weighted by Gasteiger charge is 2.13. The van der Waals surface area contributed by atoms with Gasteiger partial charge < -0.3 is 10.2 Å². The van der Waals surface area contributed by atoms with E-state index in [1.165, 1.54) is 48.8 Å². The molecular weight excluding hydrogens is 364 g/mol. The number of nitrogens with one attached hydrogen (secondary N) is 2. The molecule has 1 saturated heterocycles. The van der Waals surface area contributed by atoms with Gasteiger partial charge in [-0.2, -0.15) is 0 Å². The van der Waals surface area contributed by atoms with Crippen LogP contribution in [0.25, 0.3) is 10.9 Å². The van der Waals surface area contributed by atoms with E-state index in [1.54, 1.807) is 23.1 Å². The predicted molar refractivity (Wildman–Crippen MR) is 113 cm³/mol. The first-order chi connectivity index (χ1) is 14.2. The summed E-state index contributed by atoms with van der Waals surface area (Å²) in [5.41, 5.74) is 2.83. The van der Waals surface area contributed by atoms with Gasteiger partial charge in [0.15, 0.2) is 0 Å². The van der Waals surface area contributed by atoms with Gasteiger partial charge in [-0.3, -0.25) is 14.2 Å². The molecule has 0 unspecified atom stereocenters. The minimum absolute atomic E-state index is 0.0347. The van der Waals surface area contributed by atoms with Crippen LogP contribution in [0.5, 0.6) is 0 Å². The summed E-state index contributed by atoms with van der Waals surface area (Å²) >= 11 is 0. The minimum Gasteiger partial charge on any atom is -0.350 e. The number of quaternary nitrogens is 1. The number of carbonyl (C=O) groups excluding carboxylic acids is 1. The average Bonchev–Trinajstić information content (AvgIpc) is 2.76. The van der Waals surface area contributed by atoms with Gasteiger partial charge in [0, 0.05) is 12.1 Å². The highest BCUT2D eigenvalue weighted by atomic mass is 16.2. The molecule has 29 heavy (non-hydrogen) atoms. The lowest BCUT2D eigenvalue weighted by Crippen LogP contribution is -3.11. The molecule has 0 aliphatic carbocycles. The molecule has 3 aromatic rings. The number of nitrogens with zero attached hydrogens (tertiary/aromatic N) is 2. The van der Waals surface area contributed by atoms with E-state index in [4.69, 9.17) is 0 Å². The molecule has 0 saturated carbocycles. The summed E-state index contributed by atoms with van der Waals surface area (Å²) in [6.45, 7) is 4.02. The van der Waals surface area contributed by atoms with E-state index >= 15 is 0 Å². The van der Waals surface area contributed by atoms with E-state index in [0.29, 0.717) is 17.4 Å². The van der Waals surface area contributed by atoms with Crippen molar-refractivity contribution in [3.63, 3.8) is 0 Å². The van der Waals surface area contributed by atoms with Crippen LogP contribution in [0.2, 0.25) is 0 Å². The first kappa shape index (κ1) is 19.3. The molecular formula is C23H27N4O2+. The molecule has 6 heteroatoms. The highest BCUT2D eigenvalue weighted by molar-refractivity contribution is 5.78. The van der Waals surface area contributed by atoms with Gasteiger partial charge in [-0.25, -0.2) is 4.98 Å². The zero-order valence-corrected chi connectivity index (χ0v) is 16.6. The van der Waals surface area contributed by atoms with E-state index in [2.05, 4.69) is 34.6 Å². The molecule has 150 valence electrons.